The van der Waals surface area contributed by atoms with Crippen LogP contribution >= 0.6 is 0 Å². The van der Waals surface area contributed by atoms with Gasteiger partial charge < -0.3 is 10.3 Å². The van der Waals surface area contributed by atoms with Gasteiger partial charge in [-0.15, -0.1) is 0 Å². The van der Waals surface area contributed by atoms with Crippen LogP contribution in [0.3, 0.4) is 0 Å². The fourth-order valence-corrected chi connectivity index (χ4v) is 4.29. The van der Waals surface area contributed by atoms with Crippen molar-refractivity contribution in [1.29, 1.82) is 0 Å². The van der Waals surface area contributed by atoms with Crippen molar-refractivity contribution in [2.75, 3.05) is 0 Å². The number of aromatic amines is 1. The molecule has 1 aliphatic rings. The number of H-pyrrole nitrogens is 1. The molecule has 7 heteroatoms. The van der Waals surface area contributed by atoms with Crippen molar-refractivity contribution in [3.8, 4) is 11.3 Å². The van der Waals surface area contributed by atoms with Gasteiger partial charge >= 0.3 is 0 Å². The lowest BCUT2D eigenvalue weighted by Crippen LogP contribution is -2.39. The maximum atomic E-state index is 12.7. The van der Waals surface area contributed by atoms with Gasteiger partial charge in [0.2, 0.25) is 0 Å². The minimum atomic E-state index is -0.0925. The predicted molar refractivity (Wildman–Crippen MR) is 119 cm³/mol. The minimum absolute atomic E-state index is 0.0404. The highest BCUT2D eigenvalue weighted by molar-refractivity contribution is 5.98. The van der Waals surface area contributed by atoms with E-state index in [9.17, 15) is 9.59 Å². The Balaban J connectivity index is 1.25. The van der Waals surface area contributed by atoms with Gasteiger partial charge in [-0.3, -0.25) is 14.6 Å². The van der Waals surface area contributed by atoms with Crippen LogP contribution in [-0.4, -0.2) is 31.7 Å². The molecule has 2 N–H and O–H groups in total. The van der Waals surface area contributed by atoms with Crippen LogP contribution in [-0.2, 0) is 0 Å². The molecule has 0 unspecified atom stereocenters. The van der Waals surface area contributed by atoms with E-state index in [0.29, 0.717) is 5.56 Å². The van der Waals surface area contributed by atoms with Gasteiger partial charge in [-0.1, -0.05) is 0 Å². The second kappa shape index (κ2) is 8.18. The summed E-state index contributed by atoms with van der Waals surface area (Å²) in [5.41, 5.74) is 3.29. The van der Waals surface area contributed by atoms with Gasteiger partial charge in [-0.2, -0.15) is 5.10 Å². The number of fused-ring (bicyclic) bond motifs is 1. The van der Waals surface area contributed by atoms with Gasteiger partial charge in [0.1, 0.15) is 0 Å². The van der Waals surface area contributed by atoms with E-state index >= 15 is 0 Å². The van der Waals surface area contributed by atoms with Crippen molar-refractivity contribution in [3.05, 3.63) is 83.0 Å². The van der Waals surface area contributed by atoms with Gasteiger partial charge in [0, 0.05) is 52.7 Å². The Bertz CT molecular complexity index is 1270. The largest absolute Gasteiger partial charge is 0.361 e. The molecule has 1 aromatic carbocycles. The summed E-state index contributed by atoms with van der Waals surface area (Å²) < 4.78 is 1.60. The lowest BCUT2D eigenvalue weighted by Gasteiger charge is -2.29. The average molecular weight is 413 g/mol. The third-order valence-electron chi connectivity index (χ3n) is 5.99. The molecule has 156 valence electrons. The van der Waals surface area contributed by atoms with Gasteiger partial charge in [0.05, 0.1) is 11.7 Å². The molecule has 1 saturated carbocycles. The van der Waals surface area contributed by atoms with Crippen molar-refractivity contribution in [2.24, 2.45) is 0 Å². The van der Waals surface area contributed by atoms with Crippen molar-refractivity contribution >= 4 is 16.8 Å². The molecular formula is C24H23N5O2. The van der Waals surface area contributed by atoms with Crippen LogP contribution in [0.2, 0.25) is 0 Å². The lowest BCUT2D eigenvalue weighted by molar-refractivity contribution is 0.0921. The highest BCUT2D eigenvalue weighted by Gasteiger charge is 2.25. The number of rotatable bonds is 4. The van der Waals surface area contributed by atoms with Crippen LogP contribution in [0.1, 0.15) is 42.1 Å². The number of amides is 1. The molecule has 1 aliphatic carbocycles. The number of benzene rings is 1. The molecule has 3 aromatic heterocycles. The zero-order valence-corrected chi connectivity index (χ0v) is 17.0. The number of hydrogen-bond acceptors (Lipinski definition) is 4. The Hall–Kier alpha value is -3.74. The predicted octanol–water partition coefficient (Wildman–Crippen LogP) is 3.70. The van der Waals surface area contributed by atoms with Crippen LogP contribution < -0.4 is 10.9 Å². The molecule has 0 saturated heterocycles. The number of carbonyl (C=O) groups excluding carboxylic acids is 1. The Morgan fingerprint density at radius 2 is 1.81 bits per heavy atom. The van der Waals surface area contributed by atoms with Gasteiger partial charge in [-0.25, -0.2) is 4.68 Å². The normalized spacial score (nSPS) is 18.7. The van der Waals surface area contributed by atoms with Crippen LogP contribution in [0.25, 0.3) is 22.2 Å². The SMILES string of the molecule is O=C(NC1CCC(n2nc(-c3ccncc3)ccc2=O)CC1)c1ccc2[nH]ccc2c1. The second-order valence-electron chi connectivity index (χ2n) is 8.00. The summed E-state index contributed by atoms with van der Waals surface area (Å²) in [6.45, 7) is 0. The Labute approximate surface area is 179 Å². The molecule has 0 aliphatic heterocycles. The van der Waals surface area contributed by atoms with Crippen LogP contribution in [0, 0.1) is 0 Å². The smallest absolute Gasteiger partial charge is 0.267 e. The zero-order valence-electron chi connectivity index (χ0n) is 17.0. The maximum absolute atomic E-state index is 12.7. The molecule has 3 heterocycles. The summed E-state index contributed by atoms with van der Waals surface area (Å²) in [5, 5.41) is 8.79. The summed E-state index contributed by atoms with van der Waals surface area (Å²) in [6.07, 6.45) is 8.53. The first-order valence-electron chi connectivity index (χ1n) is 10.6. The fraction of sp³-hybridized carbons (Fsp3) is 0.250. The number of carbonyl (C=O) groups is 1. The number of aromatic nitrogens is 4. The molecule has 0 atom stereocenters. The third-order valence-corrected chi connectivity index (χ3v) is 5.99. The van der Waals surface area contributed by atoms with E-state index in [4.69, 9.17) is 0 Å². The summed E-state index contributed by atoms with van der Waals surface area (Å²) in [5.74, 6) is -0.0541. The third kappa shape index (κ3) is 3.99. The molecule has 4 aromatic rings. The Morgan fingerprint density at radius 1 is 1.00 bits per heavy atom. The van der Waals surface area contributed by atoms with E-state index in [1.165, 1.54) is 0 Å². The summed E-state index contributed by atoms with van der Waals surface area (Å²) in [6, 6.07) is 14.9. The number of pyridine rings is 1. The molecule has 5 rings (SSSR count). The Morgan fingerprint density at radius 3 is 2.61 bits per heavy atom. The van der Waals surface area contributed by atoms with Crippen molar-refractivity contribution in [3.63, 3.8) is 0 Å². The molecule has 0 spiro atoms. The second-order valence-corrected chi connectivity index (χ2v) is 8.00. The van der Waals surface area contributed by atoms with E-state index in [2.05, 4.69) is 20.4 Å². The average Bonchev–Trinajstić information content (AvgIpc) is 3.28. The first kappa shape index (κ1) is 19.2. The van der Waals surface area contributed by atoms with E-state index in [0.717, 1.165) is 47.8 Å². The molecule has 1 amide bonds. The first-order valence-corrected chi connectivity index (χ1v) is 10.6. The van der Waals surface area contributed by atoms with E-state index in [1.807, 2.05) is 42.6 Å². The van der Waals surface area contributed by atoms with Gasteiger partial charge in [-0.05, 0) is 68.1 Å². The van der Waals surface area contributed by atoms with E-state index in [-0.39, 0.29) is 23.6 Å². The van der Waals surface area contributed by atoms with Crippen molar-refractivity contribution in [1.82, 2.24) is 25.1 Å². The topological polar surface area (TPSA) is 92.7 Å². The van der Waals surface area contributed by atoms with E-state index < -0.39 is 0 Å². The molecule has 0 bridgehead atoms. The van der Waals surface area contributed by atoms with Crippen LogP contribution in [0.5, 0.6) is 0 Å². The van der Waals surface area contributed by atoms with Gasteiger partial charge in [0.15, 0.2) is 0 Å². The van der Waals surface area contributed by atoms with E-state index in [1.54, 1.807) is 29.2 Å². The zero-order chi connectivity index (χ0) is 21.2. The van der Waals surface area contributed by atoms with Crippen molar-refractivity contribution in [2.45, 2.75) is 37.8 Å². The van der Waals surface area contributed by atoms with Crippen molar-refractivity contribution < 1.29 is 4.79 Å². The quantitative estimate of drug-likeness (QED) is 0.534. The number of nitrogens with one attached hydrogen (secondary N) is 2. The van der Waals surface area contributed by atoms with Crippen LogP contribution in [0.15, 0.2) is 71.9 Å². The number of nitrogens with zero attached hydrogens (tertiary/aromatic N) is 3. The molecule has 31 heavy (non-hydrogen) atoms. The highest BCUT2D eigenvalue weighted by atomic mass is 16.1. The Kier molecular flexibility index (Phi) is 5.08. The number of hydrogen-bond donors (Lipinski definition) is 2. The molecule has 7 nitrogen and oxygen atoms in total. The maximum Gasteiger partial charge on any atom is 0.267 e. The lowest BCUT2D eigenvalue weighted by atomic mass is 9.91. The summed E-state index contributed by atoms with van der Waals surface area (Å²) in [4.78, 5) is 32.3. The van der Waals surface area contributed by atoms with Gasteiger partial charge in [0.25, 0.3) is 11.5 Å². The molecule has 1 fully saturated rings. The first-order chi connectivity index (χ1) is 15.2. The fourth-order valence-electron chi connectivity index (χ4n) is 4.29. The summed E-state index contributed by atoms with van der Waals surface area (Å²) in [7, 11) is 0. The van der Waals surface area contributed by atoms with Crippen LogP contribution in [0.4, 0.5) is 0 Å². The monoisotopic (exact) mass is 413 g/mol. The standard InChI is InChI=1S/C24H23N5O2/c30-23-8-7-22(16-9-12-25-13-10-16)28-29(23)20-4-2-19(3-5-20)27-24(31)18-1-6-21-17(15-18)11-14-26-21/h1,6-15,19-20,26H,2-5H2,(H,27,31). The highest BCUT2D eigenvalue weighted by Crippen LogP contribution is 2.28. The summed E-state index contributed by atoms with van der Waals surface area (Å²) >= 11 is 0. The minimum Gasteiger partial charge on any atom is -0.361 e. The molecular weight excluding hydrogens is 390 g/mol. The molecule has 0 radical (unpaired) electrons.